The minimum absolute atomic E-state index is 0.153. The summed E-state index contributed by atoms with van der Waals surface area (Å²) in [4.78, 5) is 18.7. The van der Waals surface area contributed by atoms with Crippen molar-refractivity contribution in [1.29, 1.82) is 0 Å². The maximum absolute atomic E-state index is 13.9. The summed E-state index contributed by atoms with van der Waals surface area (Å²) >= 11 is 0. The van der Waals surface area contributed by atoms with Gasteiger partial charge in [-0.3, -0.25) is 4.79 Å². The minimum Gasteiger partial charge on any atom is -0.339 e. The molecule has 0 bridgehead atoms. The Labute approximate surface area is 161 Å². The molecule has 28 heavy (non-hydrogen) atoms. The van der Waals surface area contributed by atoms with Crippen molar-refractivity contribution in [1.82, 2.24) is 15.0 Å². The number of aromatic nitrogens is 2. The number of hydrogen-bond acceptors (Lipinski definition) is 4. The van der Waals surface area contributed by atoms with E-state index in [1.165, 1.54) is 24.3 Å². The monoisotopic (exact) mass is 383 g/mol. The van der Waals surface area contributed by atoms with Crippen molar-refractivity contribution >= 4 is 5.91 Å². The number of carbonyl (C=O) groups is 1. The van der Waals surface area contributed by atoms with Crippen molar-refractivity contribution in [2.45, 2.75) is 19.3 Å². The predicted octanol–water partition coefficient (Wildman–Crippen LogP) is 4.11. The topological polar surface area (TPSA) is 59.2 Å². The molecule has 4 rings (SSSR count). The van der Waals surface area contributed by atoms with Crippen molar-refractivity contribution in [3.8, 4) is 11.4 Å². The lowest BCUT2D eigenvalue weighted by Crippen LogP contribution is -2.40. The standard InChI is InChI=1S/C21H19F2N3O2/c22-16-7-3-6-15(12-16)21(27)26-10-4-5-14(13-26)11-19-24-20(25-28-19)17-8-1-2-9-18(17)23/h1-3,6-9,12,14H,4-5,10-11,13H2. The molecular weight excluding hydrogens is 364 g/mol. The number of rotatable bonds is 4. The van der Waals surface area contributed by atoms with Crippen molar-refractivity contribution < 1.29 is 18.1 Å². The third kappa shape index (κ3) is 3.93. The van der Waals surface area contributed by atoms with Crippen LogP contribution >= 0.6 is 0 Å². The molecule has 0 aliphatic carbocycles. The Morgan fingerprint density at radius 3 is 2.86 bits per heavy atom. The zero-order chi connectivity index (χ0) is 19.5. The van der Waals surface area contributed by atoms with E-state index in [1.54, 1.807) is 29.2 Å². The second-order valence-electron chi connectivity index (χ2n) is 6.97. The van der Waals surface area contributed by atoms with Crippen LogP contribution in [-0.2, 0) is 6.42 Å². The van der Waals surface area contributed by atoms with Gasteiger partial charge in [-0.25, -0.2) is 8.78 Å². The van der Waals surface area contributed by atoms with Crippen molar-refractivity contribution in [3.05, 3.63) is 71.6 Å². The number of hydrogen-bond donors (Lipinski definition) is 0. The lowest BCUT2D eigenvalue weighted by Gasteiger charge is -2.32. The smallest absolute Gasteiger partial charge is 0.253 e. The number of likely N-dealkylation sites (tertiary alicyclic amines) is 1. The van der Waals surface area contributed by atoms with E-state index in [-0.39, 0.29) is 17.6 Å². The van der Waals surface area contributed by atoms with E-state index in [0.717, 1.165) is 12.8 Å². The number of benzene rings is 2. The molecule has 7 heteroatoms. The first-order valence-electron chi connectivity index (χ1n) is 9.22. The summed E-state index contributed by atoms with van der Waals surface area (Å²) in [5.41, 5.74) is 0.643. The second kappa shape index (κ2) is 7.88. The predicted molar refractivity (Wildman–Crippen MR) is 98.4 cm³/mol. The molecule has 2 aromatic carbocycles. The van der Waals surface area contributed by atoms with Gasteiger partial charge in [-0.2, -0.15) is 4.98 Å². The molecule has 0 radical (unpaired) electrons. The van der Waals surface area contributed by atoms with Crippen LogP contribution in [0.15, 0.2) is 53.1 Å². The number of nitrogens with zero attached hydrogens (tertiary/aromatic N) is 3. The van der Waals surface area contributed by atoms with Crippen LogP contribution in [0.3, 0.4) is 0 Å². The molecule has 1 atom stereocenters. The lowest BCUT2D eigenvalue weighted by atomic mass is 9.94. The summed E-state index contributed by atoms with van der Waals surface area (Å²) in [5, 5.41) is 3.88. The van der Waals surface area contributed by atoms with E-state index in [1.807, 2.05) is 0 Å². The molecule has 0 N–H and O–H groups in total. The Kier molecular flexibility index (Phi) is 5.14. The average molecular weight is 383 g/mol. The number of amides is 1. The van der Waals surface area contributed by atoms with Gasteiger partial charge >= 0.3 is 0 Å². The first kappa shape index (κ1) is 18.3. The Hall–Kier alpha value is -3.09. The van der Waals surface area contributed by atoms with Gasteiger partial charge in [0.1, 0.15) is 11.6 Å². The maximum atomic E-state index is 13.9. The zero-order valence-corrected chi connectivity index (χ0v) is 15.1. The molecule has 0 saturated carbocycles. The van der Waals surface area contributed by atoms with Crippen LogP contribution < -0.4 is 0 Å². The summed E-state index contributed by atoms with van der Waals surface area (Å²) in [7, 11) is 0. The number of halogens is 2. The first-order valence-corrected chi connectivity index (χ1v) is 9.22. The molecule has 1 fully saturated rings. The van der Waals surface area contributed by atoms with Gasteiger partial charge in [-0.15, -0.1) is 0 Å². The Morgan fingerprint density at radius 1 is 1.18 bits per heavy atom. The van der Waals surface area contributed by atoms with Gasteiger partial charge in [0, 0.05) is 25.1 Å². The molecule has 1 aliphatic rings. The van der Waals surface area contributed by atoms with Gasteiger partial charge in [-0.1, -0.05) is 23.4 Å². The van der Waals surface area contributed by atoms with Gasteiger partial charge in [0.15, 0.2) is 0 Å². The summed E-state index contributed by atoms with van der Waals surface area (Å²) < 4.78 is 32.6. The molecule has 3 aromatic rings. The molecule has 1 unspecified atom stereocenters. The van der Waals surface area contributed by atoms with Gasteiger partial charge in [0.25, 0.3) is 5.91 Å². The summed E-state index contributed by atoms with van der Waals surface area (Å²) in [6.07, 6.45) is 2.28. The molecule has 0 spiro atoms. The highest BCUT2D eigenvalue weighted by atomic mass is 19.1. The molecule has 1 aliphatic heterocycles. The average Bonchev–Trinajstić information content (AvgIpc) is 3.16. The third-order valence-electron chi connectivity index (χ3n) is 4.92. The van der Waals surface area contributed by atoms with E-state index in [4.69, 9.17) is 4.52 Å². The SMILES string of the molecule is O=C(c1cccc(F)c1)N1CCCC(Cc2nc(-c3ccccc3F)no2)C1. The van der Waals surface area contributed by atoms with Crippen LogP contribution in [0.2, 0.25) is 0 Å². The molecule has 2 heterocycles. The number of carbonyl (C=O) groups excluding carboxylic acids is 1. The van der Waals surface area contributed by atoms with Crippen LogP contribution in [-0.4, -0.2) is 34.0 Å². The van der Waals surface area contributed by atoms with E-state index in [0.29, 0.717) is 36.5 Å². The fourth-order valence-electron chi connectivity index (χ4n) is 3.56. The van der Waals surface area contributed by atoms with E-state index in [2.05, 4.69) is 10.1 Å². The van der Waals surface area contributed by atoms with E-state index >= 15 is 0 Å². The van der Waals surface area contributed by atoms with Crippen LogP contribution in [0.5, 0.6) is 0 Å². The highest BCUT2D eigenvalue weighted by Gasteiger charge is 2.26. The largest absolute Gasteiger partial charge is 0.339 e. The molecular formula is C21H19F2N3O2. The van der Waals surface area contributed by atoms with Crippen molar-refractivity contribution in [2.75, 3.05) is 13.1 Å². The molecule has 144 valence electrons. The van der Waals surface area contributed by atoms with E-state index < -0.39 is 11.6 Å². The van der Waals surface area contributed by atoms with Gasteiger partial charge in [-0.05, 0) is 49.1 Å². The second-order valence-corrected chi connectivity index (χ2v) is 6.97. The molecule has 1 saturated heterocycles. The van der Waals surface area contributed by atoms with Crippen LogP contribution in [0.4, 0.5) is 8.78 Å². The van der Waals surface area contributed by atoms with Crippen LogP contribution in [0, 0.1) is 17.6 Å². The Morgan fingerprint density at radius 2 is 2.04 bits per heavy atom. The van der Waals surface area contributed by atoms with Crippen molar-refractivity contribution in [3.63, 3.8) is 0 Å². The fourth-order valence-corrected chi connectivity index (χ4v) is 3.56. The normalized spacial score (nSPS) is 16.9. The third-order valence-corrected chi connectivity index (χ3v) is 4.92. The molecule has 1 amide bonds. The minimum atomic E-state index is -0.425. The lowest BCUT2D eigenvalue weighted by molar-refractivity contribution is 0.0667. The zero-order valence-electron chi connectivity index (χ0n) is 15.1. The van der Waals surface area contributed by atoms with Crippen LogP contribution in [0.25, 0.3) is 11.4 Å². The first-order chi connectivity index (χ1) is 13.6. The molecule has 5 nitrogen and oxygen atoms in total. The fraction of sp³-hybridized carbons (Fsp3) is 0.286. The highest BCUT2D eigenvalue weighted by Crippen LogP contribution is 2.24. The summed E-state index contributed by atoms with van der Waals surface area (Å²) in [6, 6.07) is 12.0. The molecule has 1 aromatic heterocycles. The van der Waals surface area contributed by atoms with Gasteiger partial charge in [0.2, 0.25) is 11.7 Å². The van der Waals surface area contributed by atoms with Gasteiger partial charge < -0.3 is 9.42 Å². The highest BCUT2D eigenvalue weighted by molar-refractivity contribution is 5.94. The summed E-state index contributed by atoms with van der Waals surface area (Å²) in [6.45, 7) is 1.17. The quantitative estimate of drug-likeness (QED) is 0.680. The maximum Gasteiger partial charge on any atom is 0.253 e. The number of piperidine rings is 1. The summed E-state index contributed by atoms with van der Waals surface area (Å²) in [5.74, 6) is -0.216. The Balaban J connectivity index is 1.43. The van der Waals surface area contributed by atoms with Crippen molar-refractivity contribution in [2.24, 2.45) is 5.92 Å². The van der Waals surface area contributed by atoms with E-state index in [9.17, 15) is 13.6 Å². The van der Waals surface area contributed by atoms with Crippen LogP contribution in [0.1, 0.15) is 29.1 Å². The van der Waals surface area contributed by atoms with Gasteiger partial charge in [0.05, 0.1) is 5.56 Å². The Bertz CT molecular complexity index is 989.